The van der Waals surface area contributed by atoms with Crippen LogP contribution in [0.15, 0.2) is 12.1 Å². The van der Waals surface area contributed by atoms with Gasteiger partial charge in [0, 0.05) is 38.2 Å². The molecule has 1 aromatic rings. The van der Waals surface area contributed by atoms with Crippen LogP contribution in [0.4, 0.5) is 18.9 Å². The van der Waals surface area contributed by atoms with Gasteiger partial charge >= 0.3 is 0 Å². The van der Waals surface area contributed by atoms with Gasteiger partial charge in [0.25, 0.3) is 5.91 Å². The van der Waals surface area contributed by atoms with Crippen molar-refractivity contribution < 1.29 is 37.1 Å². The number of carbonyl (C=O) groups is 5. The van der Waals surface area contributed by atoms with Crippen LogP contribution in [-0.2, 0) is 24.0 Å². The first kappa shape index (κ1) is 29.3. The molecule has 0 spiro atoms. The van der Waals surface area contributed by atoms with Gasteiger partial charge in [-0.1, -0.05) is 20.8 Å². The summed E-state index contributed by atoms with van der Waals surface area (Å²) in [5.41, 5.74) is -0.937. The summed E-state index contributed by atoms with van der Waals surface area (Å²) in [5.74, 6) is -7.70. The van der Waals surface area contributed by atoms with Crippen molar-refractivity contribution in [2.24, 2.45) is 23.2 Å². The Labute approximate surface area is 229 Å². The highest BCUT2D eigenvalue weighted by Gasteiger charge is 2.69. The fourth-order valence-corrected chi connectivity index (χ4v) is 6.13. The summed E-state index contributed by atoms with van der Waals surface area (Å²) < 4.78 is 42.0. The molecule has 218 valence electrons. The molecule has 0 aromatic heterocycles. The number of nitrogens with zero attached hydrogens (tertiary/aromatic N) is 1. The highest BCUT2D eigenvalue weighted by atomic mass is 19.1. The van der Waals surface area contributed by atoms with Gasteiger partial charge in [-0.3, -0.25) is 24.0 Å². The Bertz CT molecular complexity index is 1220. The molecule has 1 unspecified atom stereocenters. The molecular weight excluding hydrogens is 531 g/mol. The van der Waals surface area contributed by atoms with Crippen molar-refractivity contribution in [3.8, 4) is 0 Å². The molecule has 3 aliphatic rings. The van der Waals surface area contributed by atoms with E-state index in [1.54, 1.807) is 6.92 Å². The average molecular weight is 566 g/mol. The van der Waals surface area contributed by atoms with Crippen LogP contribution in [0.2, 0.25) is 0 Å². The number of likely N-dealkylation sites (N-methyl/N-ethyl adjacent to an activating group) is 1. The van der Waals surface area contributed by atoms with Crippen molar-refractivity contribution in [1.29, 1.82) is 0 Å². The molecule has 2 aliphatic heterocycles. The molecule has 1 aromatic carbocycles. The van der Waals surface area contributed by atoms with Gasteiger partial charge in [-0.05, 0) is 36.5 Å². The Morgan fingerprint density at radius 2 is 1.77 bits per heavy atom. The number of amides is 4. The minimum atomic E-state index is -1.29. The second-order valence-corrected chi connectivity index (χ2v) is 11.3. The second-order valence-electron chi connectivity index (χ2n) is 11.3. The summed E-state index contributed by atoms with van der Waals surface area (Å²) in [4.78, 5) is 65.9. The predicted molar refractivity (Wildman–Crippen MR) is 137 cm³/mol. The van der Waals surface area contributed by atoms with Gasteiger partial charge in [-0.25, -0.2) is 13.2 Å². The van der Waals surface area contributed by atoms with Gasteiger partial charge in [0.05, 0.1) is 6.04 Å². The van der Waals surface area contributed by atoms with E-state index in [9.17, 15) is 37.1 Å². The number of halogens is 3. The van der Waals surface area contributed by atoms with E-state index in [-0.39, 0.29) is 42.5 Å². The van der Waals surface area contributed by atoms with Crippen molar-refractivity contribution in [2.75, 3.05) is 25.5 Å². The predicted octanol–water partition coefficient (Wildman–Crippen LogP) is 1.10. The third-order valence-corrected chi connectivity index (χ3v) is 8.56. The second kappa shape index (κ2) is 11.1. The van der Waals surface area contributed by atoms with E-state index in [1.165, 1.54) is 11.9 Å². The number of hydrogen-bond donors (Lipinski definition) is 4. The summed E-state index contributed by atoms with van der Waals surface area (Å²) in [6.45, 7) is 6.16. The largest absolute Gasteiger partial charge is 0.369 e. The molecule has 6 atom stereocenters. The molecule has 2 saturated heterocycles. The molecule has 2 heterocycles. The molecule has 4 N–H and O–H groups in total. The number of rotatable bonds is 10. The topological polar surface area (TPSA) is 137 Å². The van der Waals surface area contributed by atoms with Gasteiger partial charge in [-0.15, -0.1) is 0 Å². The average Bonchev–Trinajstić information content (AvgIpc) is 3.24. The van der Waals surface area contributed by atoms with Crippen LogP contribution in [0.3, 0.4) is 0 Å². The Kier molecular flexibility index (Phi) is 8.13. The van der Waals surface area contributed by atoms with Crippen molar-refractivity contribution in [3.05, 3.63) is 29.6 Å². The zero-order valence-electron chi connectivity index (χ0n) is 22.8. The van der Waals surface area contributed by atoms with Crippen LogP contribution in [0.5, 0.6) is 0 Å². The number of fused-ring (bicyclic) bond motifs is 1. The maximum Gasteiger partial charge on any atom is 0.289 e. The molecule has 40 heavy (non-hydrogen) atoms. The van der Waals surface area contributed by atoms with E-state index >= 15 is 0 Å². The molecule has 4 amide bonds. The van der Waals surface area contributed by atoms with Crippen molar-refractivity contribution in [2.45, 2.75) is 58.2 Å². The van der Waals surface area contributed by atoms with Crippen LogP contribution in [0, 0.1) is 40.6 Å². The SMILES string of the molecule is CC[C@@H](Nc1c(F)cc(F)cc1F)C(=O)N1C[C@H]2C([C@H]1C(=O)N[C@H](C[C@@H]1CCNC1=O)C(=O)C(=O)NC)C2(C)C. The highest BCUT2D eigenvalue weighted by Crippen LogP contribution is 2.65. The quantitative estimate of drug-likeness (QED) is 0.314. The lowest BCUT2D eigenvalue weighted by Gasteiger charge is -2.34. The lowest BCUT2D eigenvalue weighted by atomic mass is 9.94. The Morgan fingerprint density at radius 3 is 2.33 bits per heavy atom. The third kappa shape index (κ3) is 5.37. The zero-order valence-corrected chi connectivity index (χ0v) is 22.8. The van der Waals surface area contributed by atoms with Crippen molar-refractivity contribution in [3.63, 3.8) is 0 Å². The smallest absolute Gasteiger partial charge is 0.289 e. The van der Waals surface area contributed by atoms with Gasteiger partial charge in [0.15, 0.2) is 11.6 Å². The van der Waals surface area contributed by atoms with Crippen LogP contribution >= 0.6 is 0 Å². The van der Waals surface area contributed by atoms with Crippen LogP contribution < -0.4 is 21.3 Å². The lowest BCUT2D eigenvalue weighted by Crippen LogP contribution is -2.57. The van der Waals surface area contributed by atoms with Crippen LogP contribution in [-0.4, -0.2) is 72.6 Å². The summed E-state index contributed by atoms with van der Waals surface area (Å²) in [7, 11) is 1.28. The summed E-state index contributed by atoms with van der Waals surface area (Å²) in [6, 6.07) is -2.43. The van der Waals surface area contributed by atoms with Gasteiger partial charge in [0.2, 0.25) is 23.5 Å². The first-order chi connectivity index (χ1) is 18.8. The summed E-state index contributed by atoms with van der Waals surface area (Å²) in [6.07, 6.45) is 0.468. The normalized spacial score (nSPS) is 25.9. The van der Waals surface area contributed by atoms with E-state index in [0.29, 0.717) is 25.1 Å². The molecular formula is C27H34F3N5O5. The summed E-state index contributed by atoms with van der Waals surface area (Å²) >= 11 is 0. The number of ketones is 1. The van der Waals surface area contributed by atoms with E-state index in [4.69, 9.17) is 0 Å². The molecule has 1 saturated carbocycles. The Balaban J connectivity index is 1.57. The fourth-order valence-electron chi connectivity index (χ4n) is 6.13. The number of hydrogen-bond acceptors (Lipinski definition) is 6. The number of carbonyl (C=O) groups excluding carboxylic acids is 5. The van der Waals surface area contributed by atoms with Gasteiger partial charge in [0.1, 0.15) is 23.6 Å². The van der Waals surface area contributed by atoms with Crippen molar-refractivity contribution in [1.82, 2.24) is 20.9 Å². The van der Waals surface area contributed by atoms with E-state index in [0.717, 1.165) is 0 Å². The number of benzene rings is 1. The maximum atomic E-state index is 14.3. The standard InChI is InChI=1S/C27H34F3N5O5/c1-5-17(33-20-15(29)9-13(28)10-16(20)30)26(40)35-11-14-19(27(14,2)3)21(35)24(38)34-18(22(36)25(39)31-4)8-12-6-7-32-23(12)37/h9-10,12,14,17-19,21,33H,5-8,11H2,1-4H3,(H,31,39)(H,32,37)(H,34,38)/t12-,14-,17+,18+,19?,21-/m0/s1. The number of piperidine rings is 1. The number of likely N-dealkylation sites (tertiary alicyclic amines) is 1. The number of Topliss-reactive ketones (excluding diaryl/α,β-unsaturated/α-hetero) is 1. The van der Waals surface area contributed by atoms with Crippen LogP contribution in [0.25, 0.3) is 0 Å². The molecule has 13 heteroatoms. The highest BCUT2D eigenvalue weighted by molar-refractivity contribution is 6.38. The minimum Gasteiger partial charge on any atom is -0.369 e. The van der Waals surface area contributed by atoms with Gasteiger partial charge in [-0.2, -0.15) is 0 Å². The summed E-state index contributed by atoms with van der Waals surface area (Å²) in [5, 5.41) is 10.1. The molecule has 1 aliphatic carbocycles. The van der Waals surface area contributed by atoms with Crippen molar-refractivity contribution >= 4 is 35.1 Å². The third-order valence-electron chi connectivity index (χ3n) is 8.56. The first-order valence-corrected chi connectivity index (χ1v) is 13.4. The lowest BCUT2D eigenvalue weighted by molar-refractivity contribution is -0.143. The number of nitrogens with one attached hydrogen (secondary N) is 4. The van der Waals surface area contributed by atoms with E-state index in [2.05, 4.69) is 21.3 Å². The van der Waals surface area contributed by atoms with E-state index < -0.39 is 70.7 Å². The number of anilines is 1. The fraction of sp³-hybridized carbons (Fsp3) is 0.593. The molecule has 0 bridgehead atoms. The Hall–Kier alpha value is -3.64. The maximum absolute atomic E-state index is 14.3. The first-order valence-electron chi connectivity index (χ1n) is 13.4. The van der Waals surface area contributed by atoms with Gasteiger partial charge < -0.3 is 26.2 Å². The minimum absolute atomic E-state index is 0.0299. The molecule has 4 rings (SSSR count). The molecule has 0 radical (unpaired) electrons. The van der Waals surface area contributed by atoms with Crippen LogP contribution in [0.1, 0.15) is 40.0 Å². The Morgan fingerprint density at radius 1 is 1.12 bits per heavy atom. The molecule has 10 nitrogen and oxygen atoms in total. The molecule has 3 fully saturated rings. The monoisotopic (exact) mass is 565 g/mol. The van der Waals surface area contributed by atoms with E-state index in [1.807, 2.05) is 13.8 Å². The zero-order chi connectivity index (χ0) is 29.5.